The standard InChI is InChI=1S/C15H19FO3S/c1-11(15(17)12-7-9-13(16)10-8-12)20(18,19)14-5-3-2-4-6-14/h7-11,14H,2-6H2,1H3. The second-order valence-corrected chi connectivity index (χ2v) is 7.91. The van der Waals surface area contributed by atoms with E-state index in [0.29, 0.717) is 12.8 Å². The SMILES string of the molecule is CC(C(=O)c1ccc(F)cc1)S(=O)(=O)C1CCCCC1. The molecule has 110 valence electrons. The first-order valence-electron chi connectivity index (χ1n) is 6.95. The predicted octanol–water partition coefficient (Wildman–Crippen LogP) is 3.14. The van der Waals surface area contributed by atoms with E-state index in [-0.39, 0.29) is 5.56 Å². The third kappa shape index (κ3) is 3.08. The molecule has 0 heterocycles. The average Bonchev–Trinajstić information content (AvgIpc) is 2.47. The van der Waals surface area contributed by atoms with E-state index >= 15 is 0 Å². The first kappa shape index (κ1) is 15.2. The molecule has 1 aliphatic carbocycles. The van der Waals surface area contributed by atoms with Crippen LogP contribution in [0.2, 0.25) is 0 Å². The zero-order valence-corrected chi connectivity index (χ0v) is 12.3. The Labute approximate surface area is 119 Å². The van der Waals surface area contributed by atoms with Gasteiger partial charge in [-0.1, -0.05) is 19.3 Å². The van der Waals surface area contributed by atoms with Crippen molar-refractivity contribution in [1.82, 2.24) is 0 Å². The van der Waals surface area contributed by atoms with Crippen LogP contribution in [0, 0.1) is 5.82 Å². The Morgan fingerprint density at radius 2 is 1.70 bits per heavy atom. The molecule has 5 heteroatoms. The number of carbonyl (C=O) groups excluding carboxylic acids is 1. The molecule has 1 aliphatic rings. The van der Waals surface area contributed by atoms with E-state index in [9.17, 15) is 17.6 Å². The average molecular weight is 298 g/mol. The third-order valence-corrected chi connectivity index (χ3v) is 6.61. The fourth-order valence-corrected chi connectivity index (χ4v) is 4.68. The van der Waals surface area contributed by atoms with Gasteiger partial charge in [0.25, 0.3) is 0 Å². The molecule has 0 amide bonds. The maximum atomic E-state index is 12.8. The summed E-state index contributed by atoms with van der Waals surface area (Å²) < 4.78 is 37.8. The minimum absolute atomic E-state index is 0.248. The number of Topliss-reactive ketones (excluding diaryl/α,β-unsaturated/α-hetero) is 1. The van der Waals surface area contributed by atoms with Crippen LogP contribution < -0.4 is 0 Å². The van der Waals surface area contributed by atoms with Crippen LogP contribution in [-0.4, -0.2) is 24.7 Å². The van der Waals surface area contributed by atoms with Crippen LogP contribution in [0.25, 0.3) is 0 Å². The molecule has 3 nitrogen and oxygen atoms in total. The van der Waals surface area contributed by atoms with E-state index in [1.54, 1.807) is 0 Å². The van der Waals surface area contributed by atoms with E-state index in [1.807, 2.05) is 0 Å². The Morgan fingerprint density at radius 1 is 1.15 bits per heavy atom. The molecule has 2 rings (SSSR count). The molecule has 1 atom stereocenters. The lowest BCUT2D eigenvalue weighted by Gasteiger charge is -2.24. The summed E-state index contributed by atoms with van der Waals surface area (Å²) in [7, 11) is -3.46. The van der Waals surface area contributed by atoms with Crippen LogP contribution in [0.1, 0.15) is 49.4 Å². The molecule has 0 saturated heterocycles. The summed E-state index contributed by atoms with van der Waals surface area (Å²) in [6.45, 7) is 1.44. The molecule has 1 fully saturated rings. The molecule has 0 N–H and O–H groups in total. The number of hydrogen-bond donors (Lipinski definition) is 0. The lowest BCUT2D eigenvalue weighted by Crippen LogP contribution is -2.36. The minimum atomic E-state index is -3.46. The van der Waals surface area contributed by atoms with Gasteiger partial charge in [-0.25, -0.2) is 12.8 Å². The Hall–Kier alpha value is -1.23. The third-order valence-electron chi connectivity index (χ3n) is 4.01. The predicted molar refractivity (Wildman–Crippen MR) is 76.0 cm³/mol. The molecule has 0 bridgehead atoms. The number of benzene rings is 1. The van der Waals surface area contributed by atoms with Gasteiger partial charge < -0.3 is 0 Å². The van der Waals surface area contributed by atoms with Crippen molar-refractivity contribution in [1.29, 1.82) is 0 Å². The number of halogens is 1. The van der Waals surface area contributed by atoms with Gasteiger partial charge in [0.2, 0.25) is 0 Å². The van der Waals surface area contributed by atoms with Crippen molar-refractivity contribution in [2.24, 2.45) is 0 Å². The molecule has 1 aromatic rings. The Morgan fingerprint density at radius 3 is 2.25 bits per heavy atom. The van der Waals surface area contributed by atoms with Gasteiger partial charge in [0.05, 0.1) is 5.25 Å². The van der Waals surface area contributed by atoms with Crippen molar-refractivity contribution in [2.45, 2.75) is 49.5 Å². The smallest absolute Gasteiger partial charge is 0.180 e. The topological polar surface area (TPSA) is 51.2 Å². The van der Waals surface area contributed by atoms with Gasteiger partial charge in [0, 0.05) is 5.56 Å². The summed E-state index contributed by atoms with van der Waals surface area (Å²) in [6, 6.07) is 5.02. The normalized spacial score (nSPS) is 18.7. The number of carbonyl (C=O) groups is 1. The van der Waals surface area contributed by atoms with E-state index in [1.165, 1.54) is 31.2 Å². The lowest BCUT2D eigenvalue weighted by atomic mass is 10.0. The molecule has 0 radical (unpaired) electrons. The number of ketones is 1. The van der Waals surface area contributed by atoms with Gasteiger partial charge >= 0.3 is 0 Å². The summed E-state index contributed by atoms with van der Waals surface area (Å²) in [5.41, 5.74) is 0.248. The lowest BCUT2D eigenvalue weighted by molar-refractivity contribution is 0.0991. The summed E-state index contributed by atoms with van der Waals surface area (Å²) in [6.07, 6.45) is 4.15. The van der Waals surface area contributed by atoms with Crippen molar-refractivity contribution in [3.8, 4) is 0 Å². The number of sulfone groups is 1. The summed E-state index contributed by atoms with van der Waals surface area (Å²) in [5, 5.41) is -1.47. The molecule has 0 spiro atoms. The maximum absolute atomic E-state index is 12.8. The fourth-order valence-electron chi connectivity index (χ4n) is 2.68. The Bertz CT molecular complexity index is 572. The van der Waals surface area contributed by atoms with E-state index in [0.717, 1.165) is 19.3 Å². The van der Waals surface area contributed by atoms with Gasteiger partial charge in [-0.2, -0.15) is 0 Å². The highest BCUT2D eigenvalue weighted by Gasteiger charge is 2.36. The van der Waals surface area contributed by atoms with Crippen molar-refractivity contribution in [2.75, 3.05) is 0 Å². The second kappa shape index (κ2) is 6.04. The van der Waals surface area contributed by atoms with Crippen molar-refractivity contribution < 1.29 is 17.6 Å². The van der Waals surface area contributed by atoms with Gasteiger partial charge in [0.1, 0.15) is 11.1 Å². The summed E-state index contributed by atoms with van der Waals surface area (Å²) in [5.74, 6) is -0.889. The van der Waals surface area contributed by atoms with E-state index < -0.39 is 31.9 Å². The molecule has 0 aliphatic heterocycles. The maximum Gasteiger partial charge on any atom is 0.180 e. The zero-order valence-electron chi connectivity index (χ0n) is 11.5. The van der Waals surface area contributed by atoms with Crippen LogP contribution >= 0.6 is 0 Å². The van der Waals surface area contributed by atoms with E-state index in [4.69, 9.17) is 0 Å². The highest BCUT2D eigenvalue weighted by molar-refractivity contribution is 7.93. The van der Waals surface area contributed by atoms with Gasteiger partial charge in [-0.15, -0.1) is 0 Å². The van der Waals surface area contributed by atoms with Crippen molar-refractivity contribution >= 4 is 15.6 Å². The quantitative estimate of drug-likeness (QED) is 0.802. The summed E-state index contributed by atoms with van der Waals surface area (Å²) in [4.78, 5) is 12.2. The number of hydrogen-bond acceptors (Lipinski definition) is 3. The fraction of sp³-hybridized carbons (Fsp3) is 0.533. The van der Waals surface area contributed by atoms with Gasteiger partial charge in [0.15, 0.2) is 15.6 Å². The van der Waals surface area contributed by atoms with Crippen LogP contribution in [0.3, 0.4) is 0 Å². The van der Waals surface area contributed by atoms with Crippen LogP contribution in [0.5, 0.6) is 0 Å². The van der Waals surface area contributed by atoms with Gasteiger partial charge in [-0.05, 0) is 44.0 Å². The zero-order chi connectivity index (χ0) is 14.8. The second-order valence-electron chi connectivity index (χ2n) is 5.36. The van der Waals surface area contributed by atoms with E-state index in [2.05, 4.69) is 0 Å². The molecule has 0 aromatic heterocycles. The van der Waals surface area contributed by atoms with Crippen molar-refractivity contribution in [3.05, 3.63) is 35.6 Å². The van der Waals surface area contributed by atoms with Crippen LogP contribution in [0.4, 0.5) is 4.39 Å². The van der Waals surface area contributed by atoms with Crippen molar-refractivity contribution in [3.63, 3.8) is 0 Å². The van der Waals surface area contributed by atoms with Crippen LogP contribution in [0.15, 0.2) is 24.3 Å². The molecule has 1 saturated carbocycles. The highest BCUT2D eigenvalue weighted by atomic mass is 32.2. The molecular formula is C15H19FO3S. The molecule has 20 heavy (non-hydrogen) atoms. The Kier molecular flexibility index (Phi) is 4.58. The first-order chi connectivity index (χ1) is 9.43. The van der Waals surface area contributed by atoms with Gasteiger partial charge in [-0.3, -0.25) is 4.79 Å². The molecule has 1 unspecified atom stereocenters. The largest absolute Gasteiger partial charge is 0.293 e. The Balaban J connectivity index is 2.18. The highest BCUT2D eigenvalue weighted by Crippen LogP contribution is 2.27. The summed E-state index contributed by atoms with van der Waals surface area (Å²) >= 11 is 0. The monoisotopic (exact) mass is 298 g/mol. The number of rotatable bonds is 4. The minimum Gasteiger partial charge on any atom is -0.293 e. The molecular weight excluding hydrogens is 279 g/mol. The van der Waals surface area contributed by atoms with Crippen LogP contribution in [-0.2, 0) is 9.84 Å². The first-order valence-corrected chi connectivity index (χ1v) is 8.56. The molecule has 1 aromatic carbocycles.